The first-order valence-corrected chi connectivity index (χ1v) is 10.1. The summed E-state index contributed by atoms with van der Waals surface area (Å²) < 4.78 is 50.5. The first kappa shape index (κ1) is 22.8. The van der Waals surface area contributed by atoms with Crippen LogP contribution in [0.5, 0.6) is 0 Å². The second-order valence-electron chi connectivity index (χ2n) is 6.00. The molecule has 0 spiro atoms. The average Bonchev–Trinajstić information content (AvgIpc) is 3.16. The number of phosphoric acid groups is 1. The molecule has 26 heavy (non-hydrogen) atoms. The topological polar surface area (TPSA) is 81.7 Å². The van der Waals surface area contributed by atoms with Gasteiger partial charge in [-0.2, -0.15) is 12.6 Å². The predicted molar refractivity (Wildman–Crippen MR) is 100 cm³/mol. The van der Waals surface area contributed by atoms with Crippen LogP contribution in [-0.4, -0.2) is 99.0 Å². The third kappa shape index (κ3) is 5.52. The Bertz CT molecular complexity index is 492. The summed E-state index contributed by atoms with van der Waals surface area (Å²) in [6.45, 7) is 0.143. The molecule has 143 valence electrons. The minimum atomic E-state index is -3.91. The molecule has 2 saturated heterocycles. The molecule has 8 atom stereocenters. The molecule has 0 saturated carbocycles. The van der Waals surface area contributed by atoms with Crippen molar-refractivity contribution < 1.29 is 37.1 Å². The first-order chi connectivity index (χ1) is 12.4. The molecule has 5 radical (unpaired) electrons. The Morgan fingerprint density at radius 1 is 1.23 bits per heavy atom. The first-order valence-electron chi connectivity index (χ1n) is 8.17. The number of methoxy groups -OCH3 is 2. The SMILES string of the molecule is [B][B][C@H]1CC(OC)[C@@H](COP(=O)(OC)OC2[C@@H](COC)O[C@@H]([B])[C@H]2S)O1. The van der Waals surface area contributed by atoms with Gasteiger partial charge in [-0.25, -0.2) is 4.57 Å². The van der Waals surface area contributed by atoms with Gasteiger partial charge in [-0.05, 0) is 6.42 Å². The maximum Gasteiger partial charge on any atom is 0.475 e. The number of hydrogen-bond acceptors (Lipinski definition) is 9. The van der Waals surface area contributed by atoms with Gasteiger partial charge in [0.15, 0.2) is 0 Å². The Morgan fingerprint density at radius 2 is 1.96 bits per heavy atom. The average molecular weight is 403 g/mol. The normalized spacial score (nSPS) is 39.8. The molecule has 2 heterocycles. The largest absolute Gasteiger partial charge is 0.475 e. The molecular formula is C13H23B3O8PS. The third-order valence-corrected chi connectivity index (χ3v) is 6.32. The van der Waals surface area contributed by atoms with Gasteiger partial charge in [-0.15, -0.1) is 0 Å². The smallest absolute Gasteiger partial charge is 0.382 e. The minimum Gasteiger partial charge on any atom is -0.382 e. The molecule has 2 rings (SSSR count). The Kier molecular flexibility index (Phi) is 9.04. The molecule has 3 unspecified atom stereocenters. The fourth-order valence-corrected chi connectivity index (χ4v) is 4.47. The number of thiol groups is 1. The van der Waals surface area contributed by atoms with E-state index < -0.39 is 37.4 Å². The van der Waals surface area contributed by atoms with Gasteiger partial charge in [0, 0.05) is 46.3 Å². The Balaban J connectivity index is 1.98. The summed E-state index contributed by atoms with van der Waals surface area (Å²) in [5.74, 6) is 0. The molecule has 0 amide bonds. The van der Waals surface area contributed by atoms with Crippen molar-refractivity contribution in [1.29, 1.82) is 0 Å². The summed E-state index contributed by atoms with van der Waals surface area (Å²) in [4.78, 5) is 0. The minimum absolute atomic E-state index is 0.0558. The molecule has 0 bridgehead atoms. The number of phosphoric ester groups is 1. The molecule has 0 N–H and O–H groups in total. The van der Waals surface area contributed by atoms with E-state index in [2.05, 4.69) is 12.6 Å². The summed E-state index contributed by atoms with van der Waals surface area (Å²) in [5.41, 5.74) is 0. The van der Waals surface area contributed by atoms with E-state index >= 15 is 0 Å². The summed E-state index contributed by atoms with van der Waals surface area (Å²) in [6, 6.07) is -0.948. The summed E-state index contributed by atoms with van der Waals surface area (Å²) in [7, 11) is 13.2. The van der Waals surface area contributed by atoms with Gasteiger partial charge in [0.25, 0.3) is 0 Å². The van der Waals surface area contributed by atoms with Crippen LogP contribution in [0, 0.1) is 0 Å². The molecule has 0 aromatic carbocycles. The van der Waals surface area contributed by atoms with Crippen molar-refractivity contribution in [3.05, 3.63) is 0 Å². The van der Waals surface area contributed by atoms with Crippen LogP contribution in [0.25, 0.3) is 0 Å². The van der Waals surface area contributed by atoms with Gasteiger partial charge in [0.1, 0.15) is 26.2 Å². The van der Waals surface area contributed by atoms with E-state index in [0.29, 0.717) is 6.42 Å². The van der Waals surface area contributed by atoms with E-state index in [4.69, 9.17) is 48.1 Å². The van der Waals surface area contributed by atoms with E-state index in [9.17, 15) is 4.57 Å². The highest BCUT2D eigenvalue weighted by Crippen LogP contribution is 2.52. The third-order valence-electron chi connectivity index (χ3n) is 4.32. The fourth-order valence-electron chi connectivity index (χ4n) is 2.90. The summed E-state index contributed by atoms with van der Waals surface area (Å²) in [5, 5.41) is -0.520. The van der Waals surface area contributed by atoms with Crippen LogP contribution < -0.4 is 0 Å². The highest BCUT2D eigenvalue weighted by atomic mass is 32.1. The lowest BCUT2D eigenvalue weighted by Gasteiger charge is -2.26. The van der Waals surface area contributed by atoms with Crippen LogP contribution in [0.2, 0.25) is 0 Å². The van der Waals surface area contributed by atoms with Crippen LogP contribution in [-0.2, 0) is 37.1 Å². The summed E-state index contributed by atoms with van der Waals surface area (Å²) in [6.07, 6.45) is -1.39. The van der Waals surface area contributed by atoms with E-state index in [0.717, 1.165) is 0 Å². The molecule has 0 aromatic heterocycles. The van der Waals surface area contributed by atoms with Crippen molar-refractivity contribution in [2.75, 3.05) is 34.5 Å². The molecule has 2 fully saturated rings. The van der Waals surface area contributed by atoms with E-state index in [1.807, 2.05) is 0 Å². The fraction of sp³-hybridized carbons (Fsp3) is 1.00. The number of rotatable bonds is 10. The second kappa shape index (κ2) is 10.3. The quantitative estimate of drug-likeness (QED) is 0.308. The predicted octanol–water partition coefficient (Wildman–Crippen LogP) is -0.101. The maximum absolute atomic E-state index is 12.9. The van der Waals surface area contributed by atoms with Gasteiger partial charge in [0.2, 0.25) is 0 Å². The molecular weight excluding hydrogens is 380 g/mol. The zero-order chi connectivity index (χ0) is 19.3. The molecule has 0 aromatic rings. The van der Waals surface area contributed by atoms with Crippen molar-refractivity contribution in [2.45, 2.75) is 48.1 Å². The van der Waals surface area contributed by atoms with Gasteiger partial charge < -0.3 is 18.9 Å². The number of hydrogen-bond donors (Lipinski definition) is 1. The van der Waals surface area contributed by atoms with E-state index in [1.54, 1.807) is 7.11 Å². The van der Waals surface area contributed by atoms with Crippen LogP contribution in [0.4, 0.5) is 0 Å². The molecule has 2 aliphatic heterocycles. The maximum atomic E-state index is 12.9. The van der Waals surface area contributed by atoms with Gasteiger partial charge >= 0.3 is 7.82 Å². The Hall–Kier alpha value is 0.495. The van der Waals surface area contributed by atoms with Gasteiger partial charge in [-0.1, -0.05) is 0 Å². The van der Waals surface area contributed by atoms with Crippen LogP contribution in [0.15, 0.2) is 0 Å². The zero-order valence-electron chi connectivity index (χ0n) is 15.1. The Labute approximate surface area is 163 Å². The van der Waals surface area contributed by atoms with Crippen LogP contribution in [0.3, 0.4) is 0 Å². The Morgan fingerprint density at radius 3 is 2.54 bits per heavy atom. The van der Waals surface area contributed by atoms with Crippen molar-refractivity contribution in [3.8, 4) is 0 Å². The highest BCUT2D eigenvalue weighted by Gasteiger charge is 2.46. The monoisotopic (exact) mass is 403 g/mol. The van der Waals surface area contributed by atoms with Crippen LogP contribution >= 0.6 is 20.5 Å². The molecule has 13 heteroatoms. The van der Waals surface area contributed by atoms with Crippen molar-refractivity contribution in [1.82, 2.24) is 0 Å². The second-order valence-corrected chi connectivity index (χ2v) is 8.32. The lowest BCUT2D eigenvalue weighted by atomic mass is 9.51. The van der Waals surface area contributed by atoms with Crippen molar-refractivity contribution in [2.24, 2.45) is 0 Å². The van der Waals surface area contributed by atoms with Gasteiger partial charge in [0.05, 0.1) is 26.5 Å². The van der Waals surface area contributed by atoms with Crippen molar-refractivity contribution >= 4 is 43.2 Å². The molecule has 8 nitrogen and oxygen atoms in total. The lowest BCUT2D eigenvalue weighted by Crippen LogP contribution is -2.34. The van der Waals surface area contributed by atoms with Crippen LogP contribution in [0.1, 0.15) is 6.42 Å². The molecule has 0 aliphatic carbocycles. The van der Waals surface area contributed by atoms with Crippen molar-refractivity contribution in [3.63, 3.8) is 0 Å². The highest BCUT2D eigenvalue weighted by molar-refractivity contribution is 7.81. The number of ether oxygens (including phenoxy) is 4. The van der Waals surface area contributed by atoms with E-state index in [-0.39, 0.29) is 25.3 Å². The molecule has 2 aliphatic rings. The standard InChI is InChI=1S/C13H23B3O8PS/c1-18-5-9-11(12(26)13(14)23-9)24-25(17,20-3)21-6-8-7(19-2)4-10(16-15)22-8/h7-13,26H,4-6H2,1-3H3/t7?,8-,9-,10-,11?,12+,13-,25?/m1/s1. The lowest BCUT2D eigenvalue weighted by molar-refractivity contribution is -0.0387. The summed E-state index contributed by atoms with van der Waals surface area (Å²) >= 11 is 4.37. The van der Waals surface area contributed by atoms with Gasteiger partial charge in [-0.3, -0.25) is 13.6 Å². The van der Waals surface area contributed by atoms with E-state index in [1.165, 1.54) is 21.4 Å². The zero-order valence-corrected chi connectivity index (χ0v) is 16.8.